The van der Waals surface area contributed by atoms with Gasteiger partial charge < -0.3 is 15.3 Å². The predicted molar refractivity (Wildman–Crippen MR) is 42.5 cm³/mol. The molecule has 0 unspecified atom stereocenters. The molecule has 0 amide bonds. The fraction of sp³-hybridized carbons (Fsp3) is 0. The van der Waals surface area contributed by atoms with Gasteiger partial charge in [-0.3, -0.25) is 0 Å². The van der Waals surface area contributed by atoms with Gasteiger partial charge in [0.1, 0.15) is 17.1 Å². The molecule has 0 saturated carbocycles. The Hall–Kier alpha value is -0.268. The van der Waals surface area contributed by atoms with Gasteiger partial charge in [-0.15, -0.1) is 0 Å². The van der Waals surface area contributed by atoms with Crippen LogP contribution in [0.15, 0.2) is 18.2 Å². The Morgan fingerprint density at radius 1 is 1.23 bits per heavy atom. The van der Waals surface area contributed by atoms with E-state index in [1.54, 1.807) is 0 Å². The van der Waals surface area contributed by atoms with Crippen molar-refractivity contribution in [2.75, 3.05) is 0 Å². The van der Waals surface area contributed by atoms with Crippen LogP contribution in [0.25, 0.3) is 0 Å². The van der Waals surface area contributed by atoms with Crippen LogP contribution < -0.4 is 0 Å². The molecule has 0 saturated heterocycles. The summed E-state index contributed by atoms with van der Waals surface area (Å²) in [6, 6.07) is 3.31. The van der Waals surface area contributed by atoms with Crippen molar-refractivity contribution in [1.82, 2.24) is 0 Å². The Labute approximate surface area is 105 Å². The van der Waals surface area contributed by atoms with Crippen LogP contribution in [0.1, 0.15) is 10.4 Å². The molecule has 0 aromatic heterocycles. The van der Waals surface area contributed by atoms with E-state index in [1.165, 1.54) is 6.07 Å². The Morgan fingerprint density at radius 2 is 1.77 bits per heavy atom. The second-order valence-electron chi connectivity index (χ2n) is 2.01. The number of benzene rings is 1. The Bertz CT molecular complexity index is 303. The fourth-order valence-electron chi connectivity index (χ4n) is 0.701. The minimum atomic E-state index is -1.22. The molecule has 6 heteroatoms. The normalized spacial score (nSPS) is 8.00. The summed E-state index contributed by atoms with van der Waals surface area (Å²) in [5.74, 6) is -1.81. The summed E-state index contributed by atoms with van der Waals surface area (Å²) in [5, 5.41) is 26.1. The summed E-state index contributed by atoms with van der Waals surface area (Å²) in [5.41, 5.74) is -0.220. The van der Waals surface area contributed by atoms with E-state index in [0.29, 0.717) is 0 Å². The van der Waals surface area contributed by atoms with E-state index < -0.39 is 11.7 Å². The fourth-order valence-corrected chi connectivity index (χ4v) is 0.701. The van der Waals surface area contributed by atoms with E-state index in [4.69, 9.17) is 15.3 Å². The summed E-state index contributed by atoms with van der Waals surface area (Å²) < 4.78 is 0. The van der Waals surface area contributed by atoms with Gasteiger partial charge >= 0.3 is 5.97 Å². The Kier molecular flexibility index (Phi) is 7.29. The molecule has 73 valence electrons. The number of carboxylic acids is 1. The van der Waals surface area contributed by atoms with Crippen molar-refractivity contribution >= 4 is 33.3 Å². The average molecular weight is 425 g/mol. The van der Waals surface area contributed by atoms with Gasteiger partial charge in [-0.2, -0.15) is 0 Å². The van der Waals surface area contributed by atoms with Gasteiger partial charge in [-0.05, 0) is 12.1 Å². The van der Waals surface area contributed by atoms with Crippen molar-refractivity contribution in [2.24, 2.45) is 0 Å². The maximum atomic E-state index is 10.3. The van der Waals surface area contributed by atoms with Crippen LogP contribution in [-0.4, -0.2) is 48.6 Å². The molecule has 0 bridgehead atoms. The maximum absolute atomic E-state index is 10.3. The predicted octanol–water partition coefficient (Wildman–Crippen LogP) is 0.413. The van der Waals surface area contributed by atoms with Crippen LogP contribution >= 0.6 is 0 Å². The van der Waals surface area contributed by atoms with Crippen LogP contribution in [0.4, 0.5) is 0 Å². The maximum Gasteiger partial charge on any atom is 0.339 e. The van der Waals surface area contributed by atoms with Gasteiger partial charge in [-0.1, -0.05) is 0 Å². The molecule has 1 rings (SSSR count). The number of carboxylic acid groups (broad SMARTS) is 1. The van der Waals surface area contributed by atoms with E-state index in [1.807, 2.05) is 0 Å². The van der Waals surface area contributed by atoms with Gasteiger partial charge in [0.15, 0.2) is 0 Å². The first kappa shape index (κ1) is 15.2. The number of rotatable bonds is 1. The van der Waals surface area contributed by atoms with Crippen molar-refractivity contribution in [1.29, 1.82) is 0 Å². The second-order valence-corrected chi connectivity index (χ2v) is 2.01. The summed E-state index contributed by atoms with van der Waals surface area (Å²) >= 11 is 0. The van der Waals surface area contributed by atoms with Crippen molar-refractivity contribution in [2.45, 2.75) is 0 Å². The molecule has 0 fully saturated rings. The third-order valence-electron chi connectivity index (χ3n) is 1.21. The van der Waals surface area contributed by atoms with Gasteiger partial charge in [0.25, 0.3) is 0 Å². The standard InChI is InChI=1S/C7H6O4.Cu.Pb/c8-4-1-2-5(7(10)11)6(9)3-4;;/h1-3,8-9H,(H,10,11);;. The number of hydrogen-bond donors (Lipinski definition) is 3. The van der Waals surface area contributed by atoms with Gasteiger partial charge in [0.2, 0.25) is 0 Å². The number of phenolic OH excluding ortho intramolecular Hbond substituents is 1. The van der Waals surface area contributed by atoms with Gasteiger partial charge in [0.05, 0.1) is 0 Å². The molecule has 0 aliphatic carbocycles. The van der Waals surface area contributed by atoms with Crippen LogP contribution in [0, 0.1) is 0 Å². The number of hydrogen-bond acceptors (Lipinski definition) is 3. The smallest absolute Gasteiger partial charge is 0.339 e. The molecular weight excluding hydrogens is 419 g/mol. The summed E-state index contributed by atoms with van der Waals surface area (Å²) in [6.45, 7) is 0. The summed E-state index contributed by atoms with van der Waals surface area (Å²) in [7, 11) is 0. The van der Waals surface area contributed by atoms with Gasteiger partial charge in [-0.25, -0.2) is 4.79 Å². The van der Waals surface area contributed by atoms with Crippen molar-refractivity contribution in [3.8, 4) is 11.5 Å². The molecule has 0 atom stereocenters. The molecule has 1 aromatic rings. The zero-order valence-corrected chi connectivity index (χ0v) is 11.1. The molecule has 5 radical (unpaired) electrons. The summed E-state index contributed by atoms with van der Waals surface area (Å²) in [4.78, 5) is 10.3. The van der Waals surface area contributed by atoms with Gasteiger partial charge in [0, 0.05) is 50.4 Å². The van der Waals surface area contributed by atoms with Crippen molar-refractivity contribution in [3.05, 3.63) is 23.8 Å². The largest absolute Gasteiger partial charge is 0.508 e. The monoisotopic (exact) mass is 425 g/mol. The molecule has 1 aromatic carbocycles. The number of carbonyl (C=O) groups is 1. The molecular formula is C7H6CuO4Pb. The van der Waals surface area contributed by atoms with E-state index in [9.17, 15) is 4.79 Å². The molecule has 3 N–H and O–H groups in total. The first-order chi connectivity index (χ1) is 5.11. The minimum absolute atomic E-state index is 0. The van der Waals surface area contributed by atoms with Crippen LogP contribution in [0.2, 0.25) is 0 Å². The molecule has 13 heavy (non-hydrogen) atoms. The van der Waals surface area contributed by atoms with E-state index in [-0.39, 0.29) is 55.7 Å². The summed E-state index contributed by atoms with van der Waals surface area (Å²) in [6.07, 6.45) is 0. The number of phenols is 2. The molecule has 0 spiro atoms. The average Bonchev–Trinajstić information content (AvgIpc) is 1.85. The minimum Gasteiger partial charge on any atom is -0.508 e. The zero-order chi connectivity index (χ0) is 8.43. The Balaban J connectivity index is 0. The molecule has 4 nitrogen and oxygen atoms in total. The van der Waals surface area contributed by atoms with Crippen LogP contribution in [-0.2, 0) is 17.1 Å². The first-order valence-corrected chi connectivity index (χ1v) is 2.86. The molecule has 0 heterocycles. The van der Waals surface area contributed by atoms with Crippen molar-refractivity contribution < 1.29 is 37.2 Å². The van der Waals surface area contributed by atoms with E-state index >= 15 is 0 Å². The van der Waals surface area contributed by atoms with Crippen LogP contribution in [0.3, 0.4) is 0 Å². The quantitative estimate of drug-likeness (QED) is 0.571. The second kappa shape index (κ2) is 6.23. The zero-order valence-electron chi connectivity index (χ0n) is 6.28. The third-order valence-corrected chi connectivity index (χ3v) is 1.21. The number of aromatic hydroxyl groups is 2. The SMILES string of the molecule is O=C(O)c1ccc(O)cc1O.[Cu].[Pb]. The third kappa shape index (κ3) is 3.97. The number of aromatic carboxylic acids is 1. The van der Waals surface area contributed by atoms with E-state index in [0.717, 1.165) is 12.1 Å². The Morgan fingerprint density at radius 3 is 2.15 bits per heavy atom. The topological polar surface area (TPSA) is 77.8 Å². The van der Waals surface area contributed by atoms with E-state index in [2.05, 4.69) is 0 Å². The van der Waals surface area contributed by atoms with Crippen LogP contribution in [0.5, 0.6) is 11.5 Å². The molecule has 0 aliphatic heterocycles. The van der Waals surface area contributed by atoms with Crippen molar-refractivity contribution in [3.63, 3.8) is 0 Å². The molecule has 0 aliphatic rings. The first-order valence-electron chi connectivity index (χ1n) is 2.86.